The zero-order chi connectivity index (χ0) is 21.2. The fourth-order valence-electron chi connectivity index (χ4n) is 4.51. The van der Waals surface area contributed by atoms with Gasteiger partial charge in [0.25, 0.3) is 0 Å². The highest BCUT2D eigenvalue weighted by Crippen LogP contribution is 2.36. The van der Waals surface area contributed by atoms with Gasteiger partial charge in [-0.3, -0.25) is 9.69 Å². The minimum atomic E-state index is 0.180. The van der Waals surface area contributed by atoms with Crippen molar-refractivity contribution in [3.63, 3.8) is 0 Å². The predicted octanol–water partition coefficient (Wildman–Crippen LogP) is 2.71. The van der Waals surface area contributed by atoms with Gasteiger partial charge < -0.3 is 14.4 Å². The highest BCUT2D eigenvalue weighted by atomic mass is 35.5. The van der Waals surface area contributed by atoms with Crippen LogP contribution in [-0.4, -0.2) is 54.8 Å². The molecule has 2 atom stereocenters. The smallest absolute Gasteiger partial charge is 0.231 e. The number of hydrogen-bond donors (Lipinski definition) is 2. The van der Waals surface area contributed by atoms with E-state index in [1.54, 1.807) is 0 Å². The summed E-state index contributed by atoms with van der Waals surface area (Å²) in [6.45, 7) is 3.67. The first-order valence-electron chi connectivity index (χ1n) is 10.8. The topological polar surface area (TPSA) is 66.1 Å². The van der Waals surface area contributed by atoms with Crippen LogP contribution in [0.3, 0.4) is 0 Å². The lowest BCUT2D eigenvalue weighted by Crippen LogP contribution is -2.46. The van der Waals surface area contributed by atoms with Gasteiger partial charge in [-0.2, -0.15) is 0 Å². The van der Waals surface area contributed by atoms with Gasteiger partial charge in [0.2, 0.25) is 12.7 Å². The van der Waals surface area contributed by atoms with Crippen LogP contribution in [0.2, 0.25) is 5.02 Å². The number of halogens is 1. The van der Waals surface area contributed by atoms with E-state index in [9.17, 15) is 4.79 Å². The van der Waals surface area contributed by atoms with E-state index in [0.29, 0.717) is 18.2 Å². The molecule has 0 aromatic heterocycles. The molecule has 8 heteroatoms. The molecule has 3 heterocycles. The van der Waals surface area contributed by atoms with Gasteiger partial charge in [-0.15, -0.1) is 0 Å². The monoisotopic (exact) mass is 442 g/mol. The molecule has 7 nitrogen and oxygen atoms in total. The first kappa shape index (κ1) is 20.6. The third kappa shape index (κ3) is 4.65. The predicted molar refractivity (Wildman–Crippen MR) is 118 cm³/mol. The molecule has 2 N–H and O–H groups in total. The van der Waals surface area contributed by atoms with Crippen molar-refractivity contribution < 1.29 is 14.3 Å². The Morgan fingerprint density at radius 2 is 1.84 bits per heavy atom. The normalized spacial score (nSPS) is 23.7. The molecule has 1 amide bonds. The second kappa shape index (κ2) is 9.04. The first-order valence-corrected chi connectivity index (χ1v) is 11.2. The number of hydrogen-bond acceptors (Lipinski definition) is 6. The first-order chi connectivity index (χ1) is 15.2. The Hall–Kier alpha value is -2.32. The van der Waals surface area contributed by atoms with Gasteiger partial charge in [-0.25, -0.2) is 10.9 Å². The van der Waals surface area contributed by atoms with Crippen LogP contribution in [0, 0.1) is 0 Å². The summed E-state index contributed by atoms with van der Waals surface area (Å²) in [4.78, 5) is 17.2. The van der Waals surface area contributed by atoms with Gasteiger partial charge in [0.15, 0.2) is 11.5 Å². The molecule has 2 saturated heterocycles. The lowest BCUT2D eigenvalue weighted by molar-refractivity contribution is -0.130. The van der Waals surface area contributed by atoms with Crippen LogP contribution < -0.4 is 20.3 Å². The molecule has 3 aliphatic rings. The van der Waals surface area contributed by atoms with E-state index in [4.69, 9.17) is 21.1 Å². The third-order valence-corrected chi connectivity index (χ3v) is 6.53. The molecule has 31 heavy (non-hydrogen) atoms. The molecule has 164 valence electrons. The number of amides is 1. The summed E-state index contributed by atoms with van der Waals surface area (Å²) in [5.41, 5.74) is 9.06. The van der Waals surface area contributed by atoms with Crippen LogP contribution in [0.25, 0.3) is 0 Å². The van der Waals surface area contributed by atoms with Crippen LogP contribution in [0.4, 0.5) is 0 Å². The molecule has 0 spiro atoms. The fraction of sp³-hybridized carbons (Fsp3) is 0.435. The molecular weight excluding hydrogens is 416 g/mol. The average Bonchev–Trinajstić information content (AvgIpc) is 3.39. The van der Waals surface area contributed by atoms with Gasteiger partial charge in [-0.05, 0) is 48.2 Å². The summed E-state index contributed by atoms with van der Waals surface area (Å²) < 4.78 is 10.9. The van der Waals surface area contributed by atoms with Gasteiger partial charge in [0.05, 0.1) is 12.6 Å². The second-order valence-corrected chi connectivity index (χ2v) is 8.72. The Balaban J connectivity index is 1.15. The summed E-state index contributed by atoms with van der Waals surface area (Å²) in [5, 5.41) is 0.693. The molecular formula is C23H27ClN4O3. The zero-order valence-corrected chi connectivity index (χ0v) is 18.1. The van der Waals surface area contributed by atoms with E-state index in [-0.39, 0.29) is 18.1 Å². The molecule has 2 unspecified atom stereocenters. The quantitative estimate of drug-likeness (QED) is 0.759. The van der Waals surface area contributed by atoms with Crippen molar-refractivity contribution in [1.82, 2.24) is 20.7 Å². The van der Waals surface area contributed by atoms with E-state index < -0.39 is 0 Å². The number of rotatable bonds is 4. The summed E-state index contributed by atoms with van der Waals surface area (Å²) in [6, 6.07) is 13.9. The van der Waals surface area contributed by atoms with Gasteiger partial charge in [-0.1, -0.05) is 29.8 Å². The van der Waals surface area contributed by atoms with Crippen LogP contribution in [-0.2, 0) is 11.2 Å². The lowest BCUT2D eigenvalue weighted by Gasteiger charge is -2.27. The zero-order valence-electron chi connectivity index (χ0n) is 17.4. The number of hydrazine groups is 1. The Morgan fingerprint density at radius 3 is 2.71 bits per heavy atom. The number of carbonyl (C=O) groups is 1. The molecule has 0 radical (unpaired) electrons. The van der Waals surface area contributed by atoms with Gasteiger partial charge in [0, 0.05) is 37.2 Å². The van der Waals surface area contributed by atoms with Gasteiger partial charge in [0.1, 0.15) is 0 Å². The Labute approximate surface area is 187 Å². The molecule has 3 aliphatic heterocycles. The maximum atomic E-state index is 12.8. The fourth-order valence-corrected chi connectivity index (χ4v) is 4.64. The molecule has 0 bridgehead atoms. The molecule has 0 saturated carbocycles. The third-order valence-electron chi connectivity index (χ3n) is 6.27. The maximum Gasteiger partial charge on any atom is 0.231 e. The minimum absolute atomic E-state index is 0.180. The SMILES string of the molecule is O=C(Cc1ccc(Cl)cc1)N1CCCN(C2CC(c3ccc4c(c3)OCO4)NN2)CC1. The van der Waals surface area contributed by atoms with Crippen molar-refractivity contribution in [2.24, 2.45) is 0 Å². The summed E-state index contributed by atoms with van der Waals surface area (Å²) >= 11 is 5.95. The molecule has 2 aromatic carbocycles. The summed E-state index contributed by atoms with van der Waals surface area (Å²) in [5.74, 6) is 1.80. The number of nitrogens with one attached hydrogen (secondary N) is 2. The maximum absolute atomic E-state index is 12.8. The second-order valence-electron chi connectivity index (χ2n) is 8.28. The van der Waals surface area contributed by atoms with Crippen LogP contribution in [0.15, 0.2) is 42.5 Å². The number of fused-ring (bicyclic) bond motifs is 1. The largest absolute Gasteiger partial charge is 0.454 e. The molecule has 5 rings (SSSR count). The number of ether oxygens (including phenoxy) is 2. The van der Waals surface area contributed by atoms with E-state index in [1.165, 1.54) is 5.56 Å². The van der Waals surface area contributed by atoms with Crippen molar-refractivity contribution in [3.8, 4) is 11.5 Å². The molecule has 2 fully saturated rings. The van der Waals surface area contributed by atoms with E-state index in [2.05, 4.69) is 27.9 Å². The number of carbonyl (C=O) groups excluding carboxylic acids is 1. The van der Waals surface area contributed by atoms with Gasteiger partial charge >= 0.3 is 0 Å². The minimum Gasteiger partial charge on any atom is -0.454 e. The van der Waals surface area contributed by atoms with Crippen molar-refractivity contribution in [1.29, 1.82) is 0 Å². The van der Waals surface area contributed by atoms with Crippen molar-refractivity contribution in [3.05, 3.63) is 58.6 Å². The van der Waals surface area contributed by atoms with E-state index in [0.717, 1.165) is 56.1 Å². The standard InChI is InChI=1S/C23H27ClN4O3/c24-18-5-2-16(3-6-18)12-23(29)28-9-1-8-27(10-11-28)22-14-19(25-26-22)17-4-7-20-21(13-17)31-15-30-20/h2-7,13,19,22,25-26H,1,8-12,14-15H2. The highest BCUT2D eigenvalue weighted by molar-refractivity contribution is 6.30. The number of nitrogens with zero attached hydrogens (tertiary/aromatic N) is 2. The lowest BCUT2D eigenvalue weighted by atomic mass is 10.0. The Bertz CT molecular complexity index is 939. The van der Waals surface area contributed by atoms with Crippen molar-refractivity contribution >= 4 is 17.5 Å². The van der Waals surface area contributed by atoms with Crippen molar-refractivity contribution in [2.45, 2.75) is 31.5 Å². The van der Waals surface area contributed by atoms with Crippen LogP contribution >= 0.6 is 11.6 Å². The van der Waals surface area contributed by atoms with Crippen LogP contribution in [0.1, 0.15) is 30.0 Å². The average molecular weight is 443 g/mol. The molecule has 2 aromatic rings. The summed E-state index contributed by atoms with van der Waals surface area (Å²) in [7, 11) is 0. The Morgan fingerprint density at radius 1 is 1.00 bits per heavy atom. The highest BCUT2D eigenvalue weighted by Gasteiger charge is 2.32. The van der Waals surface area contributed by atoms with E-state index in [1.807, 2.05) is 35.2 Å². The van der Waals surface area contributed by atoms with Crippen LogP contribution in [0.5, 0.6) is 11.5 Å². The summed E-state index contributed by atoms with van der Waals surface area (Å²) in [6.07, 6.45) is 2.59. The van der Waals surface area contributed by atoms with E-state index >= 15 is 0 Å². The van der Waals surface area contributed by atoms with Crippen molar-refractivity contribution in [2.75, 3.05) is 33.0 Å². The number of benzene rings is 2. The Kier molecular flexibility index (Phi) is 6.00. The molecule has 0 aliphatic carbocycles.